The molecule has 0 radical (unpaired) electrons. The van der Waals surface area contributed by atoms with Crippen LogP contribution in [0.2, 0.25) is 0 Å². The third kappa shape index (κ3) is 7.07. The summed E-state index contributed by atoms with van der Waals surface area (Å²) >= 11 is 0. The molecule has 0 atom stereocenters. The molecular formula is C28H36N8O3S. The Hall–Kier alpha value is -4.16. The summed E-state index contributed by atoms with van der Waals surface area (Å²) in [5, 5.41) is 7.35. The number of para-hydroxylation sites is 1. The minimum atomic E-state index is -3.42. The minimum absolute atomic E-state index is 0.0526. The van der Waals surface area contributed by atoms with Crippen molar-refractivity contribution in [1.29, 1.82) is 0 Å². The maximum Gasteiger partial charge on any atom is 0.253 e. The fourth-order valence-corrected chi connectivity index (χ4v) is 4.80. The van der Waals surface area contributed by atoms with Gasteiger partial charge in [0.15, 0.2) is 0 Å². The van der Waals surface area contributed by atoms with Gasteiger partial charge in [0.2, 0.25) is 16.0 Å². The average molecular weight is 565 g/mol. The summed E-state index contributed by atoms with van der Waals surface area (Å²) in [5.41, 5.74) is 3.28. The lowest BCUT2D eigenvalue weighted by molar-refractivity contribution is 0.0790. The molecule has 2 aromatic heterocycles. The van der Waals surface area contributed by atoms with Crippen LogP contribution in [-0.4, -0.2) is 86.6 Å². The molecule has 0 bridgehead atoms. The van der Waals surface area contributed by atoms with Crippen LogP contribution in [0.3, 0.4) is 0 Å². The summed E-state index contributed by atoms with van der Waals surface area (Å²) < 4.78 is 25.5. The first-order valence-corrected chi connectivity index (χ1v) is 14.8. The molecule has 40 heavy (non-hydrogen) atoms. The highest BCUT2D eigenvalue weighted by molar-refractivity contribution is 7.92. The molecule has 4 rings (SSSR count). The molecule has 0 saturated heterocycles. The normalized spacial score (nSPS) is 11.6. The predicted molar refractivity (Wildman–Crippen MR) is 161 cm³/mol. The van der Waals surface area contributed by atoms with E-state index >= 15 is 0 Å². The molecule has 2 heterocycles. The number of aromatic amines is 1. The Morgan fingerprint density at radius 1 is 0.975 bits per heavy atom. The number of H-pyrrole nitrogens is 1. The van der Waals surface area contributed by atoms with E-state index in [1.54, 1.807) is 35.4 Å². The predicted octanol–water partition coefficient (Wildman–Crippen LogP) is 3.73. The molecule has 0 spiro atoms. The summed E-state index contributed by atoms with van der Waals surface area (Å²) in [5.74, 6) is 0.879. The molecule has 0 unspecified atom stereocenters. The molecule has 1 amide bonds. The van der Waals surface area contributed by atoms with Crippen LogP contribution in [-0.2, 0) is 16.6 Å². The van der Waals surface area contributed by atoms with Gasteiger partial charge in [0, 0.05) is 44.6 Å². The van der Waals surface area contributed by atoms with Crippen LogP contribution in [0.1, 0.15) is 22.3 Å². The maximum atomic E-state index is 13.0. The van der Waals surface area contributed by atoms with Gasteiger partial charge in [-0.05, 0) is 63.0 Å². The van der Waals surface area contributed by atoms with E-state index in [2.05, 4.69) is 30.5 Å². The number of nitrogens with one attached hydrogen (secondary N) is 3. The van der Waals surface area contributed by atoms with Gasteiger partial charge in [-0.15, -0.1) is 0 Å². The molecule has 0 aliphatic carbocycles. The third-order valence-corrected chi connectivity index (χ3v) is 7.69. The van der Waals surface area contributed by atoms with E-state index in [0.29, 0.717) is 47.4 Å². The molecule has 0 saturated carbocycles. The Bertz CT molecular complexity index is 1590. The number of carbonyl (C=O) groups is 1. The van der Waals surface area contributed by atoms with Crippen molar-refractivity contribution in [2.45, 2.75) is 13.0 Å². The van der Waals surface area contributed by atoms with E-state index in [4.69, 9.17) is 0 Å². The van der Waals surface area contributed by atoms with E-state index < -0.39 is 10.0 Å². The quantitative estimate of drug-likeness (QED) is 0.238. The molecule has 0 fully saturated rings. The first-order chi connectivity index (χ1) is 19.0. The number of anilines is 4. The lowest BCUT2D eigenvalue weighted by atomic mass is 10.1. The minimum Gasteiger partial charge on any atom is -0.365 e. The Morgan fingerprint density at radius 2 is 1.75 bits per heavy atom. The zero-order chi connectivity index (χ0) is 28.9. The van der Waals surface area contributed by atoms with Crippen molar-refractivity contribution in [2.24, 2.45) is 0 Å². The van der Waals surface area contributed by atoms with Crippen LogP contribution >= 0.6 is 0 Å². The van der Waals surface area contributed by atoms with E-state index in [9.17, 15) is 13.2 Å². The van der Waals surface area contributed by atoms with Crippen LogP contribution in [0.15, 0.2) is 60.8 Å². The van der Waals surface area contributed by atoms with Crippen molar-refractivity contribution in [3.05, 3.63) is 71.9 Å². The number of fused-ring (bicyclic) bond motifs is 1. The lowest BCUT2D eigenvalue weighted by Crippen LogP contribution is -2.29. The third-order valence-electron chi connectivity index (χ3n) is 6.50. The van der Waals surface area contributed by atoms with Gasteiger partial charge in [0.05, 0.1) is 17.3 Å². The summed E-state index contributed by atoms with van der Waals surface area (Å²) in [6.45, 7) is 1.92. The van der Waals surface area contributed by atoms with E-state index in [1.807, 2.05) is 51.5 Å². The smallest absolute Gasteiger partial charge is 0.253 e. The van der Waals surface area contributed by atoms with Crippen LogP contribution in [0.5, 0.6) is 0 Å². The van der Waals surface area contributed by atoms with E-state index in [-0.39, 0.29) is 5.91 Å². The van der Waals surface area contributed by atoms with Crippen molar-refractivity contribution >= 4 is 50.1 Å². The van der Waals surface area contributed by atoms with Gasteiger partial charge in [0.25, 0.3) is 5.91 Å². The number of aromatic nitrogens is 3. The Labute approximate surface area is 235 Å². The van der Waals surface area contributed by atoms with Gasteiger partial charge >= 0.3 is 0 Å². The van der Waals surface area contributed by atoms with Crippen LogP contribution in [0.4, 0.5) is 23.1 Å². The van der Waals surface area contributed by atoms with Crippen LogP contribution in [0, 0.1) is 0 Å². The molecule has 3 N–H and O–H groups in total. The van der Waals surface area contributed by atoms with Crippen LogP contribution < -0.4 is 14.9 Å². The number of amides is 1. The SMILES string of the molecule is CN(C)CCCN(C)C(=O)c1cccc(Nc2nc(NCc3ccccc3N(C)S(C)(=O)=O)c3cc[nH]c3n2)c1. The standard InChI is InChI=1S/C28H36N8O3S/c1-34(2)16-9-17-35(3)27(37)20-11-8-12-22(18-20)31-28-32-25-23(14-15-29-25)26(33-28)30-19-21-10-6-7-13-24(21)36(4)40(5,38)39/h6-8,10-15,18H,9,16-17,19H2,1-5H3,(H3,29,30,31,32,33). The van der Waals surface area contributed by atoms with Gasteiger partial charge < -0.3 is 25.4 Å². The Morgan fingerprint density at radius 3 is 2.50 bits per heavy atom. The van der Waals surface area contributed by atoms with Gasteiger partial charge in [-0.1, -0.05) is 24.3 Å². The molecule has 212 valence electrons. The zero-order valence-corrected chi connectivity index (χ0v) is 24.3. The summed E-state index contributed by atoms with van der Waals surface area (Å²) in [7, 11) is 3.96. The monoisotopic (exact) mass is 564 g/mol. The molecule has 4 aromatic rings. The first-order valence-electron chi connectivity index (χ1n) is 12.9. The van der Waals surface area contributed by atoms with Gasteiger partial charge in [-0.3, -0.25) is 9.10 Å². The Balaban J connectivity index is 1.53. The molecular weight excluding hydrogens is 528 g/mol. The van der Waals surface area contributed by atoms with E-state index in [0.717, 1.165) is 23.9 Å². The van der Waals surface area contributed by atoms with Crippen molar-refractivity contribution in [3.8, 4) is 0 Å². The van der Waals surface area contributed by atoms with Gasteiger partial charge in [0.1, 0.15) is 11.5 Å². The van der Waals surface area contributed by atoms with Gasteiger partial charge in [-0.25, -0.2) is 8.42 Å². The fourth-order valence-electron chi connectivity index (χ4n) is 4.26. The van der Waals surface area contributed by atoms with Crippen LogP contribution in [0.25, 0.3) is 11.0 Å². The second-order valence-corrected chi connectivity index (χ2v) is 12.0. The van der Waals surface area contributed by atoms with Crippen molar-refractivity contribution in [2.75, 3.05) is 62.5 Å². The maximum absolute atomic E-state index is 13.0. The number of rotatable bonds is 12. The second-order valence-electron chi connectivity index (χ2n) is 9.94. The van der Waals surface area contributed by atoms with E-state index in [1.165, 1.54) is 17.6 Å². The molecule has 12 heteroatoms. The number of sulfonamides is 1. The number of carbonyl (C=O) groups excluding carboxylic acids is 1. The molecule has 0 aliphatic rings. The van der Waals surface area contributed by atoms with Gasteiger partial charge in [-0.2, -0.15) is 9.97 Å². The summed E-state index contributed by atoms with van der Waals surface area (Å²) in [6.07, 6.45) is 3.85. The molecule has 0 aliphatic heterocycles. The number of hydrogen-bond donors (Lipinski definition) is 3. The van der Waals surface area contributed by atoms with Crippen molar-refractivity contribution in [3.63, 3.8) is 0 Å². The number of benzene rings is 2. The zero-order valence-electron chi connectivity index (χ0n) is 23.5. The molecule has 11 nitrogen and oxygen atoms in total. The van der Waals surface area contributed by atoms with Crippen molar-refractivity contribution in [1.82, 2.24) is 24.8 Å². The fraction of sp³-hybridized carbons (Fsp3) is 0.321. The number of hydrogen-bond acceptors (Lipinski definition) is 8. The highest BCUT2D eigenvalue weighted by Gasteiger charge is 2.17. The highest BCUT2D eigenvalue weighted by Crippen LogP contribution is 2.26. The molecule has 2 aromatic carbocycles. The topological polar surface area (TPSA) is 127 Å². The average Bonchev–Trinajstić information content (AvgIpc) is 3.39. The second kappa shape index (κ2) is 12.3. The largest absolute Gasteiger partial charge is 0.365 e. The Kier molecular flexibility index (Phi) is 8.90. The summed E-state index contributed by atoms with van der Waals surface area (Å²) in [6, 6.07) is 16.5. The highest BCUT2D eigenvalue weighted by atomic mass is 32.2. The summed E-state index contributed by atoms with van der Waals surface area (Å²) in [4.78, 5) is 29.2. The first kappa shape index (κ1) is 28.8. The number of nitrogens with zero attached hydrogens (tertiary/aromatic N) is 5. The lowest BCUT2D eigenvalue weighted by Gasteiger charge is -2.20. The van der Waals surface area contributed by atoms with Crippen molar-refractivity contribution < 1.29 is 13.2 Å².